The van der Waals surface area contributed by atoms with Crippen LogP contribution in [0.2, 0.25) is 0 Å². The quantitative estimate of drug-likeness (QED) is 0.669. The summed E-state index contributed by atoms with van der Waals surface area (Å²) in [6.45, 7) is 12.3. The van der Waals surface area contributed by atoms with E-state index >= 15 is 0 Å². The number of hydrogen-bond donors (Lipinski definition) is 1. The van der Waals surface area contributed by atoms with Gasteiger partial charge in [0.2, 0.25) is 5.91 Å². The summed E-state index contributed by atoms with van der Waals surface area (Å²) in [6.07, 6.45) is 0.629. The minimum Gasteiger partial charge on any atom is -0.444 e. The lowest BCUT2D eigenvalue weighted by Gasteiger charge is -2.34. The van der Waals surface area contributed by atoms with Crippen molar-refractivity contribution in [3.05, 3.63) is 0 Å². The van der Waals surface area contributed by atoms with Gasteiger partial charge in [0.25, 0.3) is 0 Å². The fourth-order valence-corrected chi connectivity index (χ4v) is 2.81. The summed E-state index contributed by atoms with van der Waals surface area (Å²) >= 11 is 0. The molecule has 0 spiro atoms. The van der Waals surface area contributed by atoms with E-state index in [1.807, 2.05) is 0 Å². The predicted molar refractivity (Wildman–Crippen MR) is 99.3 cm³/mol. The van der Waals surface area contributed by atoms with Gasteiger partial charge in [-0.1, -0.05) is 0 Å². The number of likely N-dealkylation sites (N-methyl/N-ethyl adjacent to an activating group) is 1. The van der Waals surface area contributed by atoms with Crippen LogP contribution in [0.1, 0.15) is 20.8 Å². The second-order valence-electron chi connectivity index (χ2n) is 7.16. The molecule has 1 rings (SSSR count). The number of hydrogen-bond acceptors (Lipinski definition) is 5. The second-order valence-corrected chi connectivity index (χ2v) is 7.74. The van der Waals surface area contributed by atoms with E-state index in [2.05, 4.69) is 24.4 Å². The van der Waals surface area contributed by atoms with Gasteiger partial charge in [-0.25, -0.2) is 4.79 Å². The second kappa shape index (κ2) is 10.2. The number of carbonyl (C=O) groups is 2. The molecule has 1 aliphatic heterocycles. The van der Waals surface area contributed by atoms with Crippen molar-refractivity contribution in [2.45, 2.75) is 26.4 Å². The Bertz CT molecular complexity index is 407. The molecular formula is C16H33N4O3P. The van der Waals surface area contributed by atoms with Gasteiger partial charge in [-0.2, -0.15) is 0 Å². The maximum absolute atomic E-state index is 11.9. The number of amides is 2. The maximum Gasteiger partial charge on any atom is 0.410 e. The van der Waals surface area contributed by atoms with Crippen molar-refractivity contribution in [1.29, 1.82) is 0 Å². The van der Waals surface area contributed by atoms with Crippen LogP contribution >= 0.6 is 9.24 Å². The Morgan fingerprint density at radius 2 is 1.67 bits per heavy atom. The van der Waals surface area contributed by atoms with E-state index in [0.29, 0.717) is 6.54 Å². The first kappa shape index (κ1) is 21.1. The summed E-state index contributed by atoms with van der Waals surface area (Å²) in [6, 6.07) is 0. The molecule has 24 heavy (non-hydrogen) atoms. The summed E-state index contributed by atoms with van der Waals surface area (Å²) in [5.41, 5.74) is -0.555. The van der Waals surface area contributed by atoms with Gasteiger partial charge in [0.1, 0.15) is 12.1 Å². The van der Waals surface area contributed by atoms with Crippen molar-refractivity contribution in [3.8, 4) is 0 Å². The van der Waals surface area contributed by atoms with Crippen LogP contribution in [0.25, 0.3) is 0 Å². The molecule has 0 radical (unpaired) electrons. The lowest BCUT2D eigenvalue weighted by molar-refractivity contribution is -0.122. The Morgan fingerprint density at radius 1 is 1.12 bits per heavy atom. The van der Waals surface area contributed by atoms with Gasteiger partial charge in [-0.15, -0.1) is 9.24 Å². The summed E-state index contributed by atoms with van der Waals surface area (Å²) in [4.78, 5) is 29.8. The molecule has 0 aliphatic carbocycles. The molecule has 1 atom stereocenters. The van der Waals surface area contributed by atoms with Gasteiger partial charge in [-0.05, 0) is 26.9 Å². The highest BCUT2D eigenvalue weighted by Gasteiger charge is 2.21. The molecule has 1 heterocycles. The zero-order valence-corrected chi connectivity index (χ0v) is 16.7. The lowest BCUT2D eigenvalue weighted by Crippen LogP contribution is -2.49. The van der Waals surface area contributed by atoms with E-state index in [1.54, 1.807) is 27.8 Å². The van der Waals surface area contributed by atoms with E-state index in [1.165, 1.54) is 4.90 Å². The average Bonchev–Trinajstić information content (AvgIpc) is 2.47. The zero-order chi connectivity index (χ0) is 18.2. The third-order valence-electron chi connectivity index (χ3n) is 3.75. The maximum atomic E-state index is 11.9. The molecule has 7 nitrogen and oxygen atoms in total. The average molecular weight is 360 g/mol. The highest BCUT2D eigenvalue weighted by molar-refractivity contribution is 7.16. The fourth-order valence-electron chi connectivity index (χ4n) is 2.45. The number of piperazine rings is 1. The van der Waals surface area contributed by atoms with Crippen LogP contribution < -0.4 is 5.32 Å². The Kier molecular flexibility index (Phi) is 8.95. The Hall–Kier alpha value is -0.910. The largest absolute Gasteiger partial charge is 0.444 e. The molecule has 0 aromatic rings. The highest BCUT2D eigenvalue weighted by Crippen LogP contribution is 2.08. The Balaban J connectivity index is 2.17. The van der Waals surface area contributed by atoms with Gasteiger partial charge >= 0.3 is 6.09 Å². The predicted octanol–water partition coefficient (Wildman–Crippen LogP) is 0.462. The molecular weight excluding hydrogens is 327 g/mol. The summed E-state index contributed by atoms with van der Waals surface area (Å²) in [7, 11) is 4.33. The fraction of sp³-hybridized carbons (Fsp3) is 0.875. The Labute approximate surface area is 148 Å². The van der Waals surface area contributed by atoms with Crippen molar-refractivity contribution >= 4 is 21.2 Å². The van der Waals surface area contributed by atoms with Crippen LogP contribution in [-0.2, 0) is 9.53 Å². The van der Waals surface area contributed by atoms with Gasteiger partial charge < -0.3 is 19.9 Å². The standard InChI is InChI=1S/C16H33N4O3P/c1-16(2,3)23-15(22)18(4)13-14(21)17-5-6-19-7-9-20(10-8-19)11-12-24/h5-13,24H2,1-4H3,(H,17,21). The van der Waals surface area contributed by atoms with Gasteiger partial charge in [0.05, 0.1) is 0 Å². The molecule has 8 heteroatoms. The van der Waals surface area contributed by atoms with Crippen molar-refractivity contribution in [3.63, 3.8) is 0 Å². The molecule has 1 aliphatic rings. The van der Waals surface area contributed by atoms with Crippen molar-refractivity contribution < 1.29 is 14.3 Å². The summed E-state index contributed by atoms with van der Waals surface area (Å²) in [5, 5.41) is 2.87. The van der Waals surface area contributed by atoms with Gasteiger partial charge in [0, 0.05) is 52.9 Å². The molecule has 2 amide bonds. The molecule has 140 valence electrons. The van der Waals surface area contributed by atoms with Crippen LogP contribution in [0.3, 0.4) is 0 Å². The smallest absolute Gasteiger partial charge is 0.410 e. The molecule has 1 fully saturated rings. The van der Waals surface area contributed by atoms with E-state index in [4.69, 9.17) is 4.74 Å². The topological polar surface area (TPSA) is 65.1 Å². The van der Waals surface area contributed by atoms with E-state index in [0.717, 1.165) is 45.4 Å². The number of ether oxygens (including phenoxy) is 1. The van der Waals surface area contributed by atoms with Crippen LogP contribution in [0.15, 0.2) is 0 Å². The Morgan fingerprint density at radius 3 is 2.17 bits per heavy atom. The molecule has 0 bridgehead atoms. The summed E-state index contributed by atoms with van der Waals surface area (Å²) < 4.78 is 5.22. The van der Waals surface area contributed by atoms with E-state index in [-0.39, 0.29) is 12.5 Å². The van der Waals surface area contributed by atoms with Crippen molar-refractivity contribution in [1.82, 2.24) is 20.0 Å². The molecule has 0 saturated carbocycles. The van der Waals surface area contributed by atoms with Crippen LogP contribution in [0.4, 0.5) is 4.79 Å². The van der Waals surface area contributed by atoms with Gasteiger partial charge in [-0.3, -0.25) is 9.69 Å². The number of rotatable bonds is 7. The number of carbonyl (C=O) groups excluding carboxylic acids is 2. The molecule has 1 N–H and O–H groups in total. The van der Waals surface area contributed by atoms with Crippen LogP contribution in [0, 0.1) is 0 Å². The molecule has 1 unspecified atom stereocenters. The zero-order valence-electron chi connectivity index (χ0n) is 15.5. The monoisotopic (exact) mass is 360 g/mol. The van der Waals surface area contributed by atoms with Crippen LogP contribution in [-0.4, -0.2) is 97.9 Å². The number of nitrogens with one attached hydrogen (secondary N) is 1. The molecule has 1 saturated heterocycles. The van der Waals surface area contributed by atoms with Gasteiger partial charge in [0.15, 0.2) is 0 Å². The first-order valence-electron chi connectivity index (χ1n) is 8.57. The normalized spacial score (nSPS) is 16.7. The third kappa shape index (κ3) is 8.81. The third-order valence-corrected chi connectivity index (χ3v) is 4.00. The van der Waals surface area contributed by atoms with Crippen LogP contribution in [0.5, 0.6) is 0 Å². The highest BCUT2D eigenvalue weighted by atomic mass is 31.0. The summed E-state index contributed by atoms with van der Waals surface area (Å²) in [5.74, 6) is -0.162. The number of nitrogens with zero attached hydrogens (tertiary/aromatic N) is 3. The first-order chi connectivity index (χ1) is 11.2. The SMILES string of the molecule is CN(CC(=O)NCCN1CCN(CCP)CC1)C(=O)OC(C)(C)C. The lowest BCUT2D eigenvalue weighted by atomic mass is 10.2. The van der Waals surface area contributed by atoms with E-state index < -0.39 is 11.7 Å². The molecule has 0 aromatic heterocycles. The van der Waals surface area contributed by atoms with E-state index in [9.17, 15) is 9.59 Å². The minimum atomic E-state index is -0.555. The first-order valence-corrected chi connectivity index (χ1v) is 9.38. The minimum absolute atomic E-state index is 0.0108. The molecule has 0 aromatic carbocycles. The van der Waals surface area contributed by atoms with Crippen molar-refractivity contribution in [2.75, 3.05) is 65.6 Å². The van der Waals surface area contributed by atoms with Crippen molar-refractivity contribution in [2.24, 2.45) is 0 Å².